The van der Waals surface area contributed by atoms with E-state index in [-0.39, 0.29) is 17.4 Å². The fourth-order valence-corrected chi connectivity index (χ4v) is 5.26. The lowest BCUT2D eigenvalue weighted by Gasteiger charge is -2.46. The molecule has 3 fully saturated rings. The Labute approximate surface area is 185 Å². The van der Waals surface area contributed by atoms with Gasteiger partial charge in [-0.1, -0.05) is 0 Å². The molecule has 3 saturated heterocycles. The van der Waals surface area contributed by atoms with Gasteiger partial charge in [-0.25, -0.2) is 0 Å². The number of nitrogens with zero attached hydrogens (tertiary/aromatic N) is 3. The number of carbonyl (C=O) groups is 2. The first-order chi connectivity index (χ1) is 15.0. The third-order valence-corrected chi connectivity index (χ3v) is 7.25. The van der Waals surface area contributed by atoms with Crippen molar-refractivity contribution >= 4 is 17.5 Å². The number of ether oxygens (including phenoxy) is 2. The number of benzene rings is 1. The first-order valence-corrected chi connectivity index (χ1v) is 11.5. The van der Waals surface area contributed by atoms with Crippen molar-refractivity contribution in [2.75, 3.05) is 57.9 Å². The van der Waals surface area contributed by atoms with Crippen molar-refractivity contribution in [3.8, 4) is 5.75 Å². The maximum atomic E-state index is 13.0. The second kappa shape index (κ2) is 9.47. The molecule has 3 heterocycles. The second-order valence-electron chi connectivity index (χ2n) is 9.17. The summed E-state index contributed by atoms with van der Waals surface area (Å²) in [6.07, 6.45) is 4.28. The largest absolute Gasteiger partial charge is 0.497 e. The average molecular weight is 430 g/mol. The fourth-order valence-electron chi connectivity index (χ4n) is 5.26. The molecule has 0 radical (unpaired) electrons. The Bertz CT molecular complexity index is 766. The van der Waals surface area contributed by atoms with E-state index in [2.05, 4.69) is 17.0 Å². The molecule has 1 aromatic carbocycles. The lowest BCUT2D eigenvalue weighted by Crippen LogP contribution is -2.51. The van der Waals surface area contributed by atoms with E-state index in [9.17, 15) is 9.59 Å². The van der Waals surface area contributed by atoms with Crippen LogP contribution in [0.4, 0.5) is 5.69 Å². The predicted octanol–water partition coefficient (Wildman–Crippen LogP) is 2.54. The third kappa shape index (κ3) is 5.14. The van der Waals surface area contributed by atoms with Crippen LogP contribution in [0.2, 0.25) is 0 Å². The minimum atomic E-state index is -0.137. The van der Waals surface area contributed by atoms with Gasteiger partial charge in [0, 0.05) is 64.9 Å². The highest BCUT2D eigenvalue weighted by Crippen LogP contribution is 2.39. The van der Waals surface area contributed by atoms with Gasteiger partial charge in [0.2, 0.25) is 11.8 Å². The molecule has 4 rings (SSSR count). The molecule has 1 unspecified atom stereocenters. The van der Waals surface area contributed by atoms with Crippen LogP contribution < -0.4 is 9.64 Å². The van der Waals surface area contributed by atoms with Crippen molar-refractivity contribution in [2.24, 2.45) is 5.92 Å². The van der Waals surface area contributed by atoms with E-state index in [1.807, 2.05) is 21.9 Å². The molecule has 7 nitrogen and oxygen atoms in total. The number of amides is 2. The SMILES string of the molecule is COc1ccc(N2CCN(C(=O)CC3CCOC4(CCN(C(C)=O)CC4)C3)CC2)cc1. The van der Waals surface area contributed by atoms with Gasteiger partial charge in [-0.3, -0.25) is 9.59 Å². The zero-order valence-corrected chi connectivity index (χ0v) is 18.8. The second-order valence-corrected chi connectivity index (χ2v) is 9.17. The quantitative estimate of drug-likeness (QED) is 0.736. The maximum absolute atomic E-state index is 13.0. The first-order valence-electron chi connectivity index (χ1n) is 11.5. The lowest BCUT2D eigenvalue weighted by atomic mass is 9.78. The Hall–Kier alpha value is -2.28. The summed E-state index contributed by atoms with van der Waals surface area (Å²) in [5.41, 5.74) is 1.04. The smallest absolute Gasteiger partial charge is 0.222 e. The molecule has 0 bridgehead atoms. The molecule has 170 valence electrons. The summed E-state index contributed by atoms with van der Waals surface area (Å²) in [4.78, 5) is 30.9. The molecule has 31 heavy (non-hydrogen) atoms. The molecule has 0 aromatic heterocycles. The summed E-state index contributed by atoms with van der Waals surface area (Å²) < 4.78 is 11.4. The van der Waals surface area contributed by atoms with Gasteiger partial charge in [-0.2, -0.15) is 0 Å². The number of anilines is 1. The van der Waals surface area contributed by atoms with Gasteiger partial charge < -0.3 is 24.2 Å². The summed E-state index contributed by atoms with van der Waals surface area (Å²) in [6, 6.07) is 8.12. The maximum Gasteiger partial charge on any atom is 0.222 e. The van der Waals surface area contributed by atoms with Crippen LogP contribution in [-0.4, -0.2) is 80.2 Å². The monoisotopic (exact) mass is 429 g/mol. The minimum absolute atomic E-state index is 0.137. The van der Waals surface area contributed by atoms with Crippen molar-refractivity contribution in [1.82, 2.24) is 9.80 Å². The van der Waals surface area contributed by atoms with Crippen molar-refractivity contribution in [3.63, 3.8) is 0 Å². The Morgan fingerprint density at radius 1 is 1.03 bits per heavy atom. The lowest BCUT2D eigenvalue weighted by molar-refractivity contribution is -0.148. The van der Waals surface area contributed by atoms with Gasteiger partial charge in [-0.15, -0.1) is 0 Å². The molecule has 7 heteroatoms. The Morgan fingerprint density at radius 2 is 1.71 bits per heavy atom. The Morgan fingerprint density at radius 3 is 2.32 bits per heavy atom. The molecule has 0 aliphatic carbocycles. The van der Waals surface area contributed by atoms with Crippen LogP contribution in [0.1, 0.15) is 39.0 Å². The van der Waals surface area contributed by atoms with Crippen LogP contribution >= 0.6 is 0 Å². The van der Waals surface area contributed by atoms with E-state index in [4.69, 9.17) is 9.47 Å². The zero-order valence-electron chi connectivity index (χ0n) is 18.8. The number of piperidine rings is 1. The van der Waals surface area contributed by atoms with Crippen molar-refractivity contribution in [2.45, 2.75) is 44.6 Å². The Balaban J connectivity index is 1.25. The van der Waals surface area contributed by atoms with Crippen molar-refractivity contribution in [1.29, 1.82) is 0 Å². The standard InChI is InChI=1S/C24H35N3O4/c1-19(28)25-10-8-24(9-11-25)18-20(7-16-31-24)17-23(29)27-14-12-26(13-15-27)21-3-5-22(30-2)6-4-21/h3-6,20H,7-18H2,1-2H3. The van der Waals surface area contributed by atoms with E-state index in [0.29, 0.717) is 12.3 Å². The van der Waals surface area contributed by atoms with Gasteiger partial charge in [-0.05, 0) is 55.9 Å². The normalized spacial score (nSPS) is 23.7. The first kappa shape index (κ1) is 21.9. The van der Waals surface area contributed by atoms with Gasteiger partial charge in [0.05, 0.1) is 12.7 Å². The van der Waals surface area contributed by atoms with Crippen molar-refractivity contribution < 1.29 is 19.1 Å². The minimum Gasteiger partial charge on any atom is -0.497 e. The van der Waals surface area contributed by atoms with E-state index in [1.165, 1.54) is 5.69 Å². The van der Waals surface area contributed by atoms with Crippen LogP contribution in [0.15, 0.2) is 24.3 Å². The highest BCUT2D eigenvalue weighted by molar-refractivity contribution is 5.77. The third-order valence-electron chi connectivity index (χ3n) is 7.25. The summed E-state index contributed by atoms with van der Waals surface area (Å²) >= 11 is 0. The molecule has 1 atom stereocenters. The number of carbonyl (C=O) groups excluding carboxylic acids is 2. The number of piperazine rings is 1. The van der Waals surface area contributed by atoms with E-state index < -0.39 is 0 Å². The van der Waals surface area contributed by atoms with E-state index in [1.54, 1.807) is 14.0 Å². The van der Waals surface area contributed by atoms with E-state index in [0.717, 1.165) is 77.3 Å². The van der Waals surface area contributed by atoms with Crippen LogP contribution in [-0.2, 0) is 14.3 Å². The van der Waals surface area contributed by atoms with Crippen LogP contribution in [0.25, 0.3) is 0 Å². The fraction of sp³-hybridized carbons (Fsp3) is 0.667. The number of likely N-dealkylation sites (tertiary alicyclic amines) is 1. The molecular weight excluding hydrogens is 394 g/mol. The number of hydrogen-bond donors (Lipinski definition) is 0. The Kier molecular flexibility index (Phi) is 6.70. The number of rotatable bonds is 4. The number of methoxy groups -OCH3 is 1. The molecule has 2 amide bonds. The van der Waals surface area contributed by atoms with E-state index >= 15 is 0 Å². The summed E-state index contributed by atoms with van der Waals surface area (Å²) in [5, 5.41) is 0. The van der Waals surface area contributed by atoms with Crippen LogP contribution in [0.3, 0.4) is 0 Å². The highest BCUT2D eigenvalue weighted by Gasteiger charge is 2.41. The van der Waals surface area contributed by atoms with Gasteiger partial charge in [0.1, 0.15) is 5.75 Å². The van der Waals surface area contributed by atoms with Gasteiger partial charge in [0.15, 0.2) is 0 Å². The topological polar surface area (TPSA) is 62.3 Å². The zero-order chi connectivity index (χ0) is 21.8. The molecule has 1 spiro atoms. The van der Waals surface area contributed by atoms with Crippen molar-refractivity contribution in [3.05, 3.63) is 24.3 Å². The average Bonchev–Trinajstić information content (AvgIpc) is 2.79. The van der Waals surface area contributed by atoms with Gasteiger partial charge in [0.25, 0.3) is 0 Å². The molecule has 3 aliphatic rings. The van der Waals surface area contributed by atoms with Crippen LogP contribution in [0.5, 0.6) is 5.75 Å². The molecule has 0 N–H and O–H groups in total. The van der Waals surface area contributed by atoms with Gasteiger partial charge >= 0.3 is 0 Å². The molecule has 1 aromatic rings. The molecule has 0 saturated carbocycles. The number of hydrogen-bond acceptors (Lipinski definition) is 5. The highest BCUT2D eigenvalue weighted by atomic mass is 16.5. The summed E-state index contributed by atoms with van der Waals surface area (Å²) in [7, 11) is 1.68. The van der Waals surface area contributed by atoms with Crippen LogP contribution in [0, 0.1) is 5.92 Å². The predicted molar refractivity (Wildman–Crippen MR) is 119 cm³/mol. The molecule has 3 aliphatic heterocycles. The molecular formula is C24H35N3O4. The summed E-state index contributed by atoms with van der Waals surface area (Å²) in [5.74, 6) is 1.66. The summed E-state index contributed by atoms with van der Waals surface area (Å²) in [6.45, 7) is 7.15.